The Bertz CT molecular complexity index is 1140. The molecule has 2 aromatic heterocycles. The number of aromatic nitrogens is 3. The molecule has 6 heteroatoms. The molecule has 1 fully saturated rings. The van der Waals surface area contributed by atoms with E-state index in [9.17, 15) is 9.18 Å². The molecule has 0 unspecified atom stereocenters. The number of amides is 1. The van der Waals surface area contributed by atoms with Crippen LogP contribution >= 0.6 is 0 Å². The van der Waals surface area contributed by atoms with Crippen molar-refractivity contribution in [2.75, 3.05) is 0 Å². The molecule has 1 aromatic carbocycles. The quantitative estimate of drug-likeness (QED) is 0.597. The van der Waals surface area contributed by atoms with Crippen molar-refractivity contribution >= 4 is 12.1 Å². The standard InChI is InChI=1S/C23H21FN4O/c1-23(8-2-3-9-23)14-28-13-17(12-26-28)18-6-7-20(24)27-21(18)15-4-5-16-11-25-22(29)19(16)10-15/h4-7,10-13H,2-3,8-9,14H2,1H3. The van der Waals surface area contributed by atoms with Gasteiger partial charge in [0.15, 0.2) is 0 Å². The third-order valence-electron chi connectivity index (χ3n) is 6.04. The molecule has 1 amide bonds. The fourth-order valence-electron chi connectivity index (χ4n) is 4.45. The number of halogens is 1. The fraction of sp³-hybridized carbons (Fsp3) is 0.304. The van der Waals surface area contributed by atoms with E-state index in [4.69, 9.17) is 0 Å². The second kappa shape index (κ2) is 6.72. The summed E-state index contributed by atoms with van der Waals surface area (Å²) in [6.45, 7) is 3.19. The maximum Gasteiger partial charge on any atom is 0.277 e. The largest absolute Gasteiger partial charge is 0.277 e. The summed E-state index contributed by atoms with van der Waals surface area (Å²) in [5.74, 6) is -0.838. The summed E-state index contributed by atoms with van der Waals surface area (Å²) >= 11 is 0. The summed E-state index contributed by atoms with van der Waals surface area (Å²) in [4.78, 5) is 19.9. The van der Waals surface area contributed by atoms with E-state index < -0.39 is 5.95 Å². The first kappa shape index (κ1) is 17.9. The molecule has 0 atom stereocenters. The number of carbonyl (C=O) groups is 1. The maximum absolute atomic E-state index is 14.0. The predicted octanol–water partition coefficient (Wildman–Crippen LogP) is 4.90. The molecule has 1 saturated carbocycles. The highest BCUT2D eigenvalue weighted by atomic mass is 19.1. The van der Waals surface area contributed by atoms with Gasteiger partial charge in [0.1, 0.15) is 0 Å². The molecule has 2 aliphatic rings. The molecule has 5 rings (SSSR count). The Morgan fingerprint density at radius 1 is 1.10 bits per heavy atom. The van der Waals surface area contributed by atoms with Crippen LogP contribution in [-0.4, -0.2) is 26.9 Å². The highest BCUT2D eigenvalue weighted by molar-refractivity contribution is 6.13. The lowest BCUT2D eigenvalue weighted by Crippen LogP contribution is -2.19. The van der Waals surface area contributed by atoms with Gasteiger partial charge in [-0.05, 0) is 36.5 Å². The van der Waals surface area contributed by atoms with Crippen molar-refractivity contribution in [1.82, 2.24) is 14.8 Å². The number of aliphatic imine (C=N–C) groups is 1. The summed E-state index contributed by atoms with van der Waals surface area (Å²) < 4.78 is 16.0. The second-order valence-electron chi connectivity index (χ2n) is 8.34. The lowest BCUT2D eigenvalue weighted by Gasteiger charge is -2.22. The smallest absolute Gasteiger partial charge is 0.272 e. The Kier molecular flexibility index (Phi) is 4.15. The molecule has 1 aliphatic heterocycles. The SMILES string of the molecule is CC1(Cn2cc(-c3ccc(F)nc3-c3ccc4c(c3)C(=O)N=C4)cn2)CCCC1. The average molecular weight is 388 g/mol. The van der Waals surface area contributed by atoms with Crippen molar-refractivity contribution in [2.45, 2.75) is 39.2 Å². The van der Waals surface area contributed by atoms with Gasteiger partial charge < -0.3 is 0 Å². The first-order chi connectivity index (χ1) is 14.0. The van der Waals surface area contributed by atoms with Gasteiger partial charge >= 0.3 is 0 Å². The van der Waals surface area contributed by atoms with Crippen LogP contribution in [-0.2, 0) is 6.54 Å². The number of nitrogens with zero attached hydrogens (tertiary/aromatic N) is 4. The van der Waals surface area contributed by atoms with Crippen LogP contribution in [0.4, 0.5) is 4.39 Å². The summed E-state index contributed by atoms with van der Waals surface area (Å²) in [6.07, 6.45) is 10.3. The maximum atomic E-state index is 14.0. The molecule has 0 spiro atoms. The van der Waals surface area contributed by atoms with Crippen molar-refractivity contribution in [3.05, 3.63) is 59.8 Å². The van der Waals surface area contributed by atoms with E-state index in [1.54, 1.807) is 24.5 Å². The molecule has 0 bridgehead atoms. The van der Waals surface area contributed by atoms with Gasteiger partial charge in [0.05, 0.1) is 17.5 Å². The van der Waals surface area contributed by atoms with E-state index in [2.05, 4.69) is 22.0 Å². The molecule has 1 aliphatic carbocycles. The van der Waals surface area contributed by atoms with Crippen LogP contribution in [0, 0.1) is 11.4 Å². The summed E-state index contributed by atoms with van der Waals surface area (Å²) in [5.41, 5.74) is 4.44. The third-order valence-corrected chi connectivity index (χ3v) is 6.04. The van der Waals surface area contributed by atoms with E-state index >= 15 is 0 Å². The van der Waals surface area contributed by atoms with Gasteiger partial charge in [0, 0.05) is 41.2 Å². The Morgan fingerprint density at radius 3 is 2.76 bits per heavy atom. The Balaban J connectivity index is 1.53. The average Bonchev–Trinajstić information content (AvgIpc) is 3.43. The molecule has 0 saturated heterocycles. The van der Waals surface area contributed by atoms with Crippen molar-refractivity contribution in [3.8, 4) is 22.4 Å². The molecule has 5 nitrogen and oxygen atoms in total. The van der Waals surface area contributed by atoms with Crippen LogP contribution in [0.15, 0.2) is 47.7 Å². The van der Waals surface area contributed by atoms with Crippen LogP contribution < -0.4 is 0 Å². The number of fused-ring (bicyclic) bond motifs is 1. The predicted molar refractivity (Wildman–Crippen MR) is 109 cm³/mol. The third kappa shape index (κ3) is 3.28. The van der Waals surface area contributed by atoms with Crippen molar-refractivity contribution in [1.29, 1.82) is 0 Å². The number of carbonyl (C=O) groups excluding carboxylic acids is 1. The number of hydrogen-bond acceptors (Lipinski definition) is 3. The van der Waals surface area contributed by atoms with Crippen molar-refractivity contribution < 1.29 is 9.18 Å². The van der Waals surface area contributed by atoms with Crippen molar-refractivity contribution in [3.63, 3.8) is 0 Å². The monoisotopic (exact) mass is 388 g/mol. The van der Waals surface area contributed by atoms with Crippen LogP contribution in [0.25, 0.3) is 22.4 Å². The van der Waals surface area contributed by atoms with E-state index in [-0.39, 0.29) is 11.3 Å². The van der Waals surface area contributed by atoms with Crippen molar-refractivity contribution in [2.24, 2.45) is 10.4 Å². The zero-order chi connectivity index (χ0) is 20.0. The van der Waals surface area contributed by atoms with Crippen LogP contribution in [0.2, 0.25) is 0 Å². The summed E-state index contributed by atoms with van der Waals surface area (Å²) in [6, 6.07) is 8.48. The summed E-state index contributed by atoms with van der Waals surface area (Å²) in [5, 5.41) is 4.55. The highest BCUT2D eigenvalue weighted by Crippen LogP contribution is 2.39. The second-order valence-corrected chi connectivity index (χ2v) is 8.34. The van der Waals surface area contributed by atoms with Crippen LogP contribution in [0.1, 0.15) is 48.5 Å². The fourth-order valence-corrected chi connectivity index (χ4v) is 4.45. The van der Waals surface area contributed by atoms with Crippen LogP contribution in [0.5, 0.6) is 0 Å². The highest BCUT2D eigenvalue weighted by Gasteiger charge is 2.29. The zero-order valence-corrected chi connectivity index (χ0v) is 16.2. The summed E-state index contributed by atoms with van der Waals surface area (Å²) in [7, 11) is 0. The number of rotatable bonds is 4. The minimum Gasteiger partial charge on any atom is -0.272 e. The Morgan fingerprint density at radius 2 is 1.93 bits per heavy atom. The molecule has 0 N–H and O–H groups in total. The van der Waals surface area contributed by atoms with E-state index in [1.807, 2.05) is 23.0 Å². The minimum atomic E-state index is -0.558. The number of pyridine rings is 1. The topological polar surface area (TPSA) is 60.1 Å². The normalized spacial score (nSPS) is 17.1. The Labute approximate surface area is 168 Å². The molecular formula is C23H21FN4O. The number of benzene rings is 1. The molecular weight excluding hydrogens is 367 g/mol. The number of hydrogen-bond donors (Lipinski definition) is 0. The first-order valence-electron chi connectivity index (χ1n) is 9.93. The van der Waals surface area contributed by atoms with Gasteiger partial charge in [-0.3, -0.25) is 9.48 Å². The van der Waals surface area contributed by atoms with Gasteiger partial charge in [-0.2, -0.15) is 9.49 Å². The lowest BCUT2D eigenvalue weighted by atomic mass is 9.89. The van der Waals surface area contributed by atoms with Crippen LogP contribution in [0.3, 0.4) is 0 Å². The molecule has 3 aromatic rings. The molecule has 0 radical (unpaired) electrons. The first-order valence-corrected chi connectivity index (χ1v) is 9.93. The van der Waals surface area contributed by atoms with Gasteiger partial charge in [-0.15, -0.1) is 0 Å². The van der Waals surface area contributed by atoms with E-state index in [0.717, 1.165) is 23.2 Å². The molecule has 3 heterocycles. The van der Waals surface area contributed by atoms with E-state index in [0.29, 0.717) is 16.8 Å². The minimum absolute atomic E-state index is 0.280. The molecule has 29 heavy (non-hydrogen) atoms. The van der Waals surface area contributed by atoms with Gasteiger partial charge in [0.2, 0.25) is 5.95 Å². The van der Waals surface area contributed by atoms with Gasteiger partial charge in [0.25, 0.3) is 5.91 Å². The lowest BCUT2D eigenvalue weighted by molar-refractivity contribution is 0.101. The van der Waals surface area contributed by atoms with Gasteiger partial charge in [-0.1, -0.05) is 31.9 Å². The van der Waals surface area contributed by atoms with E-state index in [1.165, 1.54) is 31.7 Å². The Hall–Kier alpha value is -3.15. The molecule has 146 valence electrons. The zero-order valence-electron chi connectivity index (χ0n) is 16.2. The van der Waals surface area contributed by atoms with Gasteiger partial charge in [-0.25, -0.2) is 9.98 Å².